The zero-order chi connectivity index (χ0) is 12.0. The van der Waals surface area contributed by atoms with E-state index in [1.54, 1.807) is 0 Å². The molecule has 1 rings (SSSR count). The first-order valence-corrected chi connectivity index (χ1v) is 5.98. The second-order valence-electron chi connectivity index (χ2n) is 2.96. The van der Waals surface area contributed by atoms with Crippen LogP contribution in [0.15, 0.2) is 10.8 Å². The quantitative estimate of drug-likeness (QED) is 0.815. The fourth-order valence-electron chi connectivity index (χ4n) is 1.05. The maximum absolute atomic E-state index is 11.2. The number of hydrogen-bond donors (Lipinski definition) is 2. The molecule has 88 valence electrons. The Morgan fingerprint density at radius 3 is 3.00 bits per heavy atom. The third-order valence-electron chi connectivity index (χ3n) is 1.77. The minimum absolute atomic E-state index is 0.00581. The molecule has 16 heavy (non-hydrogen) atoms. The summed E-state index contributed by atoms with van der Waals surface area (Å²) in [7, 11) is 0. The second-order valence-corrected chi connectivity index (χ2v) is 4.11. The van der Waals surface area contributed by atoms with Crippen molar-refractivity contribution in [3.8, 4) is 0 Å². The van der Waals surface area contributed by atoms with Crippen molar-refractivity contribution in [3.05, 3.63) is 16.0 Å². The van der Waals surface area contributed by atoms with Gasteiger partial charge in [0.15, 0.2) is 0 Å². The maximum Gasteiger partial charge on any atom is 0.221 e. The van der Waals surface area contributed by atoms with E-state index in [0.717, 1.165) is 0 Å². The molecule has 1 aromatic heterocycles. The molecule has 0 saturated carbocycles. The molecular weight excluding hydrogens is 295 g/mol. The average molecular weight is 308 g/mol. The zero-order valence-corrected chi connectivity index (χ0v) is 11.1. The fourth-order valence-corrected chi connectivity index (χ4v) is 1.53. The Balaban J connectivity index is 2.43. The summed E-state index contributed by atoms with van der Waals surface area (Å²) in [6.45, 7) is 3.02. The van der Waals surface area contributed by atoms with Gasteiger partial charge in [0.05, 0.1) is 4.47 Å². The van der Waals surface area contributed by atoms with Crippen LogP contribution in [0, 0.1) is 0 Å². The molecule has 1 aromatic rings. The van der Waals surface area contributed by atoms with E-state index in [1.807, 2.05) is 6.92 Å². The Hall–Kier alpha value is -0.880. The molecule has 0 bridgehead atoms. The van der Waals surface area contributed by atoms with Crippen LogP contribution >= 0.6 is 27.5 Å². The monoisotopic (exact) mass is 306 g/mol. The Bertz CT molecular complexity index is 375. The average Bonchev–Trinajstić information content (AvgIpc) is 2.25. The van der Waals surface area contributed by atoms with Crippen molar-refractivity contribution in [1.29, 1.82) is 0 Å². The summed E-state index contributed by atoms with van der Waals surface area (Å²) in [5.41, 5.74) is 0. The van der Waals surface area contributed by atoms with Crippen molar-refractivity contribution >= 4 is 39.3 Å². The second kappa shape index (κ2) is 6.65. The minimum Gasteiger partial charge on any atom is -0.368 e. The van der Waals surface area contributed by atoms with Crippen LogP contribution in [0.4, 0.5) is 5.82 Å². The molecule has 1 amide bonds. The Kier molecular flexibility index (Phi) is 5.48. The Labute approximate surface area is 107 Å². The molecule has 2 N–H and O–H groups in total. The summed E-state index contributed by atoms with van der Waals surface area (Å²) in [6, 6.07) is 0. The normalized spacial score (nSPS) is 9.94. The highest BCUT2D eigenvalue weighted by Gasteiger charge is 2.06. The molecule has 7 heteroatoms. The summed E-state index contributed by atoms with van der Waals surface area (Å²) >= 11 is 9.05. The summed E-state index contributed by atoms with van der Waals surface area (Å²) < 4.78 is 0.604. The lowest BCUT2D eigenvalue weighted by atomic mass is 10.4. The molecule has 5 nitrogen and oxygen atoms in total. The van der Waals surface area contributed by atoms with Gasteiger partial charge in [-0.15, -0.1) is 0 Å². The molecular formula is C9H12BrClN4O. The third-order valence-corrected chi connectivity index (χ3v) is 3.03. The van der Waals surface area contributed by atoms with Gasteiger partial charge in [-0.25, -0.2) is 9.97 Å². The van der Waals surface area contributed by atoms with E-state index in [9.17, 15) is 4.79 Å². The van der Waals surface area contributed by atoms with Gasteiger partial charge in [-0.3, -0.25) is 4.79 Å². The van der Waals surface area contributed by atoms with E-state index in [0.29, 0.717) is 35.0 Å². The summed E-state index contributed by atoms with van der Waals surface area (Å²) in [5.74, 6) is 0.593. The van der Waals surface area contributed by atoms with Crippen LogP contribution in [0.3, 0.4) is 0 Å². The van der Waals surface area contributed by atoms with E-state index in [1.165, 1.54) is 6.33 Å². The van der Waals surface area contributed by atoms with Crippen LogP contribution in [0.25, 0.3) is 0 Å². The smallest absolute Gasteiger partial charge is 0.221 e. The minimum atomic E-state index is 0.00581. The van der Waals surface area contributed by atoms with Crippen LogP contribution < -0.4 is 10.6 Å². The SMILES string of the molecule is CCNC(=O)CCNc1ncnc(Cl)c1Br. The first-order valence-electron chi connectivity index (χ1n) is 4.81. The molecule has 0 saturated heterocycles. The topological polar surface area (TPSA) is 66.9 Å². The van der Waals surface area contributed by atoms with Crippen molar-refractivity contribution in [1.82, 2.24) is 15.3 Å². The summed E-state index contributed by atoms with van der Waals surface area (Å²) in [5, 5.41) is 6.05. The van der Waals surface area contributed by atoms with Gasteiger partial charge in [0, 0.05) is 19.5 Å². The summed E-state index contributed by atoms with van der Waals surface area (Å²) in [4.78, 5) is 19.0. The van der Waals surface area contributed by atoms with Gasteiger partial charge in [0.25, 0.3) is 0 Å². The van der Waals surface area contributed by atoms with Crippen LogP contribution in [0.5, 0.6) is 0 Å². The van der Waals surface area contributed by atoms with Crippen LogP contribution in [-0.2, 0) is 4.79 Å². The first kappa shape index (κ1) is 13.2. The molecule has 0 unspecified atom stereocenters. The molecule has 0 aliphatic rings. The number of carbonyl (C=O) groups is 1. The number of aromatic nitrogens is 2. The van der Waals surface area contributed by atoms with Crippen molar-refractivity contribution in [3.63, 3.8) is 0 Å². The van der Waals surface area contributed by atoms with Gasteiger partial charge < -0.3 is 10.6 Å². The van der Waals surface area contributed by atoms with Crippen LogP contribution in [0.1, 0.15) is 13.3 Å². The Morgan fingerprint density at radius 1 is 1.56 bits per heavy atom. The molecule has 0 atom stereocenters. The number of nitrogens with one attached hydrogen (secondary N) is 2. The van der Waals surface area contributed by atoms with Gasteiger partial charge in [-0.05, 0) is 22.9 Å². The zero-order valence-electron chi connectivity index (χ0n) is 8.76. The molecule has 0 aliphatic carbocycles. The maximum atomic E-state index is 11.2. The predicted octanol–water partition coefficient (Wildman–Crippen LogP) is 1.83. The van der Waals surface area contributed by atoms with Crippen molar-refractivity contribution < 1.29 is 4.79 Å². The largest absolute Gasteiger partial charge is 0.368 e. The van der Waals surface area contributed by atoms with Crippen molar-refractivity contribution in [2.45, 2.75) is 13.3 Å². The summed E-state index contributed by atoms with van der Waals surface area (Å²) in [6.07, 6.45) is 1.75. The fraction of sp³-hybridized carbons (Fsp3) is 0.444. The van der Waals surface area contributed by atoms with Gasteiger partial charge in [0.2, 0.25) is 5.91 Å². The van der Waals surface area contributed by atoms with E-state index in [-0.39, 0.29) is 5.91 Å². The number of rotatable bonds is 5. The van der Waals surface area contributed by atoms with Gasteiger partial charge in [-0.2, -0.15) is 0 Å². The first-order chi connectivity index (χ1) is 7.65. The lowest BCUT2D eigenvalue weighted by molar-refractivity contribution is -0.120. The lowest BCUT2D eigenvalue weighted by Gasteiger charge is -2.07. The highest BCUT2D eigenvalue weighted by molar-refractivity contribution is 9.10. The molecule has 0 radical (unpaired) electrons. The van der Waals surface area contributed by atoms with Gasteiger partial charge in [-0.1, -0.05) is 11.6 Å². The van der Waals surface area contributed by atoms with E-state index in [2.05, 4.69) is 36.5 Å². The van der Waals surface area contributed by atoms with Gasteiger partial charge in [0.1, 0.15) is 17.3 Å². The van der Waals surface area contributed by atoms with Crippen molar-refractivity contribution in [2.75, 3.05) is 18.4 Å². The highest BCUT2D eigenvalue weighted by Crippen LogP contribution is 2.25. The lowest BCUT2D eigenvalue weighted by Crippen LogP contribution is -2.24. The predicted molar refractivity (Wildman–Crippen MR) is 66.5 cm³/mol. The standard InChI is InChI=1S/C9H12BrClN4O/c1-2-12-6(16)3-4-13-9-7(10)8(11)14-5-15-9/h5H,2-4H2,1H3,(H,12,16)(H,13,14,15). The number of carbonyl (C=O) groups excluding carboxylic acids is 1. The molecule has 0 aromatic carbocycles. The van der Waals surface area contributed by atoms with E-state index in [4.69, 9.17) is 11.6 Å². The van der Waals surface area contributed by atoms with E-state index >= 15 is 0 Å². The molecule has 0 aliphatic heterocycles. The van der Waals surface area contributed by atoms with E-state index < -0.39 is 0 Å². The highest BCUT2D eigenvalue weighted by atomic mass is 79.9. The number of hydrogen-bond acceptors (Lipinski definition) is 4. The number of halogens is 2. The Morgan fingerprint density at radius 2 is 2.31 bits per heavy atom. The molecule has 0 spiro atoms. The van der Waals surface area contributed by atoms with Crippen LogP contribution in [0.2, 0.25) is 5.15 Å². The number of anilines is 1. The molecule has 1 heterocycles. The number of nitrogens with zero attached hydrogens (tertiary/aromatic N) is 2. The van der Waals surface area contributed by atoms with Crippen molar-refractivity contribution in [2.24, 2.45) is 0 Å². The number of amides is 1. The van der Waals surface area contributed by atoms with Gasteiger partial charge >= 0.3 is 0 Å². The third kappa shape index (κ3) is 3.94. The van der Waals surface area contributed by atoms with Crippen LogP contribution in [-0.4, -0.2) is 29.0 Å². The molecule has 0 fully saturated rings.